The second-order valence-electron chi connectivity index (χ2n) is 7.75. The van der Waals surface area contributed by atoms with Gasteiger partial charge in [0.1, 0.15) is 6.29 Å². The zero-order valence-corrected chi connectivity index (χ0v) is 13.8. The quantitative estimate of drug-likeness (QED) is 0.846. The van der Waals surface area contributed by atoms with E-state index in [1.165, 1.54) is 26.4 Å². The fourth-order valence-corrected chi connectivity index (χ4v) is 5.12. The third-order valence-corrected chi connectivity index (χ3v) is 5.72. The number of carbonyl (C=O) groups is 1. The molecule has 2 saturated carbocycles. The minimum Gasteiger partial charge on any atom is -0.504 e. The first kappa shape index (κ1) is 15.4. The van der Waals surface area contributed by atoms with Gasteiger partial charge in [-0.3, -0.25) is 4.79 Å². The van der Waals surface area contributed by atoms with Gasteiger partial charge in [0, 0.05) is 11.1 Å². The molecule has 0 radical (unpaired) electrons. The van der Waals surface area contributed by atoms with Crippen LogP contribution < -0.4 is 4.74 Å². The molecule has 2 atom stereocenters. The number of hydrogen-bond acceptors (Lipinski definition) is 3. The molecule has 2 fully saturated rings. The molecule has 0 aliphatic heterocycles. The Bertz CT molecular complexity index is 560. The van der Waals surface area contributed by atoms with E-state index in [-0.39, 0.29) is 11.2 Å². The van der Waals surface area contributed by atoms with E-state index in [1.54, 1.807) is 6.07 Å². The Morgan fingerprint density at radius 1 is 1.23 bits per heavy atom. The lowest BCUT2D eigenvalue weighted by Gasteiger charge is -2.47. The SMILES string of the molecule is COc1cc(C=O)cc(C2(C)CC3CC(C)CC(C3)C2)c1O. The number of fused-ring (bicyclic) bond motifs is 2. The first-order valence-electron chi connectivity index (χ1n) is 8.32. The van der Waals surface area contributed by atoms with Gasteiger partial charge in [-0.2, -0.15) is 0 Å². The summed E-state index contributed by atoms with van der Waals surface area (Å²) in [7, 11) is 1.53. The number of methoxy groups -OCH3 is 1. The molecule has 0 heterocycles. The monoisotopic (exact) mass is 302 g/mol. The maximum Gasteiger partial charge on any atom is 0.161 e. The van der Waals surface area contributed by atoms with Crippen molar-refractivity contribution in [3.05, 3.63) is 23.3 Å². The molecule has 2 aliphatic rings. The fraction of sp³-hybridized carbons (Fsp3) is 0.632. The van der Waals surface area contributed by atoms with E-state index in [9.17, 15) is 9.90 Å². The average molecular weight is 302 g/mol. The van der Waals surface area contributed by atoms with Gasteiger partial charge in [0.2, 0.25) is 0 Å². The van der Waals surface area contributed by atoms with Gasteiger partial charge in [-0.25, -0.2) is 0 Å². The molecule has 120 valence electrons. The average Bonchev–Trinajstić information content (AvgIpc) is 2.45. The summed E-state index contributed by atoms with van der Waals surface area (Å²) in [5.41, 5.74) is 1.40. The number of hydrogen-bond donors (Lipinski definition) is 1. The fourth-order valence-electron chi connectivity index (χ4n) is 5.12. The summed E-state index contributed by atoms with van der Waals surface area (Å²) in [4.78, 5) is 11.2. The number of carbonyl (C=O) groups excluding carboxylic acids is 1. The highest BCUT2D eigenvalue weighted by molar-refractivity contribution is 5.77. The largest absolute Gasteiger partial charge is 0.504 e. The van der Waals surface area contributed by atoms with Crippen LogP contribution in [0.5, 0.6) is 11.5 Å². The highest BCUT2D eigenvalue weighted by Crippen LogP contribution is 2.53. The van der Waals surface area contributed by atoms with Crippen LogP contribution in [0.25, 0.3) is 0 Å². The summed E-state index contributed by atoms with van der Waals surface area (Å²) in [5.74, 6) is 2.90. The second kappa shape index (κ2) is 5.60. The maximum absolute atomic E-state index is 11.2. The minimum absolute atomic E-state index is 0.0654. The van der Waals surface area contributed by atoms with E-state index in [0.717, 1.165) is 42.4 Å². The first-order chi connectivity index (χ1) is 10.4. The summed E-state index contributed by atoms with van der Waals surface area (Å²) < 4.78 is 5.27. The Hall–Kier alpha value is -1.51. The van der Waals surface area contributed by atoms with E-state index < -0.39 is 0 Å². The van der Waals surface area contributed by atoms with Crippen molar-refractivity contribution in [2.24, 2.45) is 17.8 Å². The minimum atomic E-state index is -0.0654. The van der Waals surface area contributed by atoms with Crippen molar-refractivity contribution in [2.45, 2.75) is 51.4 Å². The Morgan fingerprint density at radius 2 is 1.86 bits per heavy atom. The van der Waals surface area contributed by atoms with Crippen LogP contribution in [-0.2, 0) is 5.41 Å². The first-order valence-corrected chi connectivity index (χ1v) is 8.32. The number of aldehydes is 1. The van der Waals surface area contributed by atoms with Gasteiger partial charge in [-0.1, -0.05) is 13.8 Å². The molecule has 1 N–H and O–H groups in total. The van der Waals surface area contributed by atoms with Gasteiger partial charge in [-0.05, 0) is 67.4 Å². The summed E-state index contributed by atoms with van der Waals surface area (Å²) >= 11 is 0. The smallest absolute Gasteiger partial charge is 0.161 e. The molecule has 3 heteroatoms. The van der Waals surface area contributed by atoms with Crippen LogP contribution >= 0.6 is 0 Å². The van der Waals surface area contributed by atoms with E-state index in [1.807, 2.05) is 6.07 Å². The predicted octanol–water partition coefficient (Wildman–Crippen LogP) is 4.32. The third-order valence-electron chi connectivity index (χ3n) is 5.72. The van der Waals surface area contributed by atoms with Gasteiger partial charge in [0.25, 0.3) is 0 Å². The summed E-state index contributed by atoms with van der Waals surface area (Å²) in [6, 6.07) is 3.47. The maximum atomic E-state index is 11.2. The molecule has 0 amide bonds. The van der Waals surface area contributed by atoms with Gasteiger partial charge >= 0.3 is 0 Å². The lowest BCUT2D eigenvalue weighted by atomic mass is 9.57. The highest BCUT2D eigenvalue weighted by Gasteiger charge is 2.43. The molecular formula is C19H26O3. The number of phenolic OH excluding ortho intramolecular Hbond substituents is 1. The Morgan fingerprint density at radius 3 is 2.41 bits per heavy atom. The molecule has 3 nitrogen and oxygen atoms in total. The molecule has 0 spiro atoms. The van der Waals surface area contributed by atoms with Crippen LogP contribution in [-0.4, -0.2) is 18.5 Å². The third kappa shape index (κ3) is 2.62. The van der Waals surface area contributed by atoms with Crippen LogP contribution in [0.3, 0.4) is 0 Å². The normalized spacial score (nSPS) is 34.2. The van der Waals surface area contributed by atoms with Gasteiger partial charge < -0.3 is 9.84 Å². The van der Waals surface area contributed by atoms with E-state index in [4.69, 9.17) is 4.74 Å². The molecule has 0 aromatic heterocycles. The number of rotatable bonds is 3. The van der Waals surface area contributed by atoms with Crippen molar-refractivity contribution in [3.8, 4) is 11.5 Å². The molecule has 2 aliphatic carbocycles. The lowest BCUT2D eigenvalue weighted by molar-refractivity contribution is 0.0884. The van der Waals surface area contributed by atoms with Crippen molar-refractivity contribution in [1.82, 2.24) is 0 Å². The van der Waals surface area contributed by atoms with Crippen LogP contribution in [0.2, 0.25) is 0 Å². The number of phenols is 1. The van der Waals surface area contributed by atoms with Crippen LogP contribution in [0.15, 0.2) is 12.1 Å². The summed E-state index contributed by atoms with van der Waals surface area (Å²) in [5, 5.41) is 10.6. The van der Waals surface area contributed by atoms with Gasteiger partial charge in [-0.15, -0.1) is 0 Å². The van der Waals surface area contributed by atoms with Gasteiger partial charge in [0.05, 0.1) is 7.11 Å². The number of aromatic hydroxyl groups is 1. The van der Waals surface area contributed by atoms with E-state index in [0.29, 0.717) is 11.3 Å². The lowest BCUT2D eigenvalue weighted by Crippen LogP contribution is -2.38. The van der Waals surface area contributed by atoms with Crippen molar-refractivity contribution in [3.63, 3.8) is 0 Å². The Kier molecular flexibility index (Phi) is 3.92. The van der Waals surface area contributed by atoms with Crippen molar-refractivity contribution in [2.75, 3.05) is 7.11 Å². The Balaban J connectivity index is 2.01. The summed E-state index contributed by atoms with van der Waals surface area (Å²) in [6.07, 6.45) is 6.92. The van der Waals surface area contributed by atoms with Crippen molar-refractivity contribution in [1.29, 1.82) is 0 Å². The van der Waals surface area contributed by atoms with Crippen LogP contribution in [0, 0.1) is 17.8 Å². The zero-order chi connectivity index (χ0) is 15.9. The molecule has 1 aromatic rings. The standard InChI is InChI=1S/C19H26O3/c1-12-4-13-6-14(5-12)10-19(2,9-13)16-7-15(11-20)8-17(22-3)18(16)21/h7-8,11-14,21H,4-6,9-10H2,1-3H3. The predicted molar refractivity (Wildman–Crippen MR) is 86.6 cm³/mol. The molecule has 0 saturated heterocycles. The summed E-state index contributed by atoms with van der Waals surface area (Å²) in [6.45, 7) is 4.60. The van der Waals surface area contributed by atoms with Crippen LogP contribution in [0.4, 0.5) is 0 Å². The topological polar surface area (TPSA) is 46.5 Å². The second-order valence-corrected chi connectivity index (χ2v) is 7.75. The number of ether oxygens (including phenoxy) is 1. The Labute approximate surface area is 132 Å². The zero-order valence-electron chi connectivity index (χ0n) is 13.8. The molecule has 22 heavy (non-hydrogen) atoms. The number of benzene rings is 1. The molecule has 2 unspecified atom stereocenters. The molecular weight excluding hydrogens is 276 g/mol. The molecule has 3 rings (SSSR count). The van der Waals surface area contributed by atoms with Crippen molar-refractivity contribution < 1.29 is 14.6 Å². The highest BCUT2D eigenvalue weighted by atomic mass is 16.5. The van der Waals surface area contributed by atoms with Gasteiger partial charge in [0.15, 0.2) is 11.5 Å². The molecule has 2 bridgehead atoms. The van der Waals surface area contributed by atoms with Crippen molar-refractivity contribution >= 4 is 6.29 Å². The van der Waals surface area contributed by atoms with Crippen LogP contribution in [0.1, 0.15) is 61.9 Å². The van der Waals surface area contributed by atoms with E-state index >= 15 is 0 Å². The molecule has 1 aromatic carbocycles. The van der Waals surface area contributed by atoms with E-state index in [2.05, 4.69) is 13.8 Å².